The van der Waals surface area contributed by atoms with Gasteiger partial charge in [-0.3, -0.25) is 0 Å². The number of likely N-dealkylation sites (tertiary alicyclic amines) is 1. The molecule has 1 N–H and O–H groups in total. The molecule has 0 bridgehead atoms. The number of aromatic nitrogens is 1. The molecule has 21 heavy (non-hydrogen) atoms. The Morgan fingerprint density at radius 1 is 1.48 bits per heavy atom. The second kappa shape index (κ2) is 6.78. The van der Waals surface area contributed by atoms with Gasteiger partial charge in [-0.15, -0.1) is 0 Å². The summed E-state index contributed by atoms with van der Waals surface area (Å²) in [5, 5.41) is 3.38. The minimum absolute atomic E-state index is 0.365. The molecule has 1 aliphatic heterocycles. The van der Waals surface area contributed by atoms with Gasteiger partial charge in [0.25, 0.3) is 0 Å². The smallest absolute Gasteiger partial charge is 0.213 e. The summed E-state index contributed by atoms with van der Waals surface area (Å²) in [7, 11) is 1.63. The molecule has 5 heteroatoms. The van der Waals surface area contributed by atoms with Crippen molar-refractivity contribution in [1.29, 1.82) is 0 Å². The summed E-state index contributed by atoms with van der Waals surface area (Å²) in [6.07, 6.45) is 1.20. The molecule has 0 amide bonds. The fourth-order valence-electron chi connectivity index (χ4n) is 2.53. The van der Waals surface area contributed by atoms with Crippen LogP contribution in [-0.2, 0) is 6.54 Å². The number of guanidine groups is 1. The molecule has 0 spiro atoms. The van der Waals surface area contributed by atoms with Crippen LogP contribution in [-0.4, -0.2) is 42.6 Å². The van der Waals surface area contributed by atoms with Crippen molar-refractivity contribution >= 4 is 5.96 Å². The summed E-state index contributed by atoms with van der Waals surface area (Å²) >= 11 is 0. The van der Waals surface area contributed by atoms with E-state index in [0.29, 0.717) is 17.8 Å². The molecule has 116 valence electrons. The van der Waals surface area contributed by atoms with Crippen LogP contribution in [0.3, 0.4) is 0 Å². The van der Waals surface area contributed by atoms with Crippen molar-refractivity contribution in [2.45, 2.75) is 33.7 Å². The topological polar surface area (TPSA) is 49.8 Å². The Morgan fingerprint density at radius 2 is 2.29 bits per heavy atom. The number of rotatable bonds is 4. The van der Waals surface area contributed by atoms with Crippen molar-refractivity contribution in [3.63, 3.8) is 0 Å². The Labute approximate surface area is 127 Å². The molecule has 0 unspecified atom stereocenters. The van der Waals surface area contributed by atoms with Crippen LogP contribution >= 0.6 is 0 Å². The van der Waals surface area contributed by atoms with E-state index < -0.39 is 0 Å². The van der Waals surface area contributed by atoms with E-state index in [1.807, 2.05) is 18.2 Å². The first-order chi connectivity index (χ1) is 10.0. The molecular weight excluding hydrogens is 264 g/mol. The van der Waals surface area contributed by atoms with E-state index in [0.717, 1.165) is 31.3 Å². The molecule has 0 saturated carbocycles. The summed E-state index contributed by atoms with van der Waals surface area (Å²) < 4.78 is 5.15. The van der Waals surface area contributed by atoms with E-state index in [2.05, 4.69) is 36.0 Å². The molecule has 1 aromatic heterocycles. The Balaban J connectivity index is 2.07. The number of ether oxygens (including phenoxy) is 1. The van der Waals surface area contributed by atoms with Gasteiger partial charge >= 0.3 is 0 Å². The molecule has 1 saturated heterocycles. The Kier molecular flexibility index (Phi) is 5.04. The highest BCUT2D eigenvalue weighted by atomic mass is 16.5. The second-order valence-corrected chi connectivity index (χ2v) is 6.18. The van der Waals surface area contributed by atoms with Crippen LogP contribution in [0, 0.1) is 5.41 Å². The number of nitrogens with zero attached hydrogens (tertiary/aromatic N) is 3. The van der Waals surface area contributed by atoms with Crippen molar-refractivity contribution in [3.05, 3.63) is 23.9 Å². The average Bonchev–Trinajstić information content (AvgIpc) is 2.83. The quantitative estimate of drug-likeness (QED) is 0.683. The van der Waals surface area contributed by atoms with E-state index in [9.17, 15) is 0 Å². The van der Waals surface area contributed by atoms with Crippen LogP contribution in [0.25, 0.3) is 0 Å². The standard InChI is InChI=1S/C16H26N4O/c1-5-17-15(20-10-9-16(2,3)12-20)18-11-13-7-6-8-14(19-13)21-4/h6-8H,5,9-12H2,1-4H3,(H,17,18). The monoisotopic (exact) mass is 290 g/mol. The van der Waals surface area contributed by atoms with E-state index >= 15 is 0 Å². The van der Waals surface area contributed by atoms with Crippen LogP contribution in [0.4, 0.5) is 0 Å². The third-order valence-corrected chi connectivity index (χ3v) is 3.69. The summed E-state index contributed by atoms with van der Waals surface area (Å²) in [6, 6.07) is 5.77. The Morgan fingerprint density at radius 3 is 2.90 bits per heavy atom. The molecule has 2 rings (SSSR count). The van der Waals surface area contributed by atoms with Gasteiger partial charge in [-0.1, -0.05) is 19.9 Å². The Bertz CT molecular complexity index is 499. The summed E-state index contributed by atoms with van der Waals surface area (Å²) in [5.41, 5.74) is 1.29. The molecule has 5 nitrogen and oxygen atoms in total. The highest BCUT2D eigenvalue weighted by Crippen LogP contribution is 2.28. The predicted molar refractivity (Wildman–Crippen MR) is 85.6 cm³/mol. The zero-order valence-electron chi connectivity index (χ0n) is 13.5. The van der Waals surface area contributed by atoms with E-state index in [-0.39, 0.29) is 0 Å². The van der Waals surface area contributed by atoms with Gasteiger partial charge in [0.1, 0.15) is 0 Å². The normalized spacial score (nSPS) is 17.9. The van der Waals surface area contributed by atoms with Crippen LogP contribution in [0.5, 0.6) is 5.88 Å². The molecule has 0 radical (unpaired) electrons. The first-order valence-corrected chi connectivity index (χ1v) is 7.57. The van der Waals surface area contributed by atoms with E-state index in [4.69, 9.17) is 9.73 Å². The van der Waals surface area contributed by atoms with Crippen LogP contribution in [0.15, 0.2) is 23.2 Å². The zero-order chi connectivity index (χ0) is 15.3. The van der Waals surface area contributed by atoms with Crippen LogP contribution < -0.4 is 10.1 Å². The van der Waals surface area contributed by atoms with Crippen molar-refractivity contribution < 1.29 is 4.74 Å². The maximum absolute atomic E-state index is 5.15. The van der Waals surface area contributed by atoms with Crippen LogP contribution in [0.1, 0.15) is 32.9 Å². The first-order valence-electron chi connectivity index (χ1n) is 7.57. The number of aliphatic imine (C=N–C) groups is 1. The first kappa shape index (κ1) is 15.6. The fraction of sp³-hybridized carbons (Fsp3) is 0.625. The highest BCUT2D eigenvalue weighted by molar-refractivity contribution is 5.80. The van der Waals surface area contributed by atoms with Crippen molar-refractivity contribution in [2.24, 2.45) is 10.4 Å². The van der Waals surface area contributed by atoms with Crippen molar-refractivity contribution in [2.75, 3.05) is 26.7 Å². The minimum atomic E-state index is 0.365. The molecule has 0 atom stereocenters. The number of nitrogens with one attached hydrogen (secondary N) is 1. The number of hydrogen-bond acceptors (Lipinski definition) is 3. The Hall–Kier alpha value is -1.78. The average molecular weight is 290 g/mol. The molecule has 0 aromatic carbocycles. The van der Waals surface area contributed by atoms with Gasteiger partial charge in [0.15, 0.2) is 5.96 Å². The molecule has 1 aliphatic rings. The van der Waals surface area contributed by atoms with Crippen molar-refractivity contribution in [1.82, 2.24) is 15.2 Å². The lowest BCUT2D eigenvalue weighted by Gasteiger charge is -2.23. The fourth-order valence-corrected chi connectivity index (χ4v) is 2.53. The molecule has 2 heterocycles. The maximum atomic E-state index is 5.15. The summed E-state index contributed by atoms with van der Waals surface area (Å²) in [4.78, 5) is 11.5. The number of hydrogen-bond donors (Lipinski definition) is 1. The van der Waals surface area contributed by atoms with Gasteiger partial charge in [-0.2, -0.15) is 0 Å². The highest BCUT2D eigenvalue weighted by Gasteiger charge is 2.30. The van der Waals surface area contributed by atoms with Crippen molar-refractivity contribution in [3.8, 4) is 5.88 Å². The van der Waals surface area contributed by atoms with Gasteiger partial charge in [-0.25, -0.2) is 9.98 Å². The number of pyridine rings is 1. The minimum Gasteiger partial charge on any atom is -0.481 e. The van der Waals surface area contributed by atoms with Crippen LogP contribution in [0.2, 0.25) is 0 Å². The molecule has 1 aromatic rings. The van der Waals surface area contributed by atoms with Gasteiger partial charge in [0.05, 0.1) is 19.3 Å². The summed E-state index contributed by atoms with van der Waals surface area (Å²) in [6.45, 7) is 10.3. The lowest BCUT2D eigenvalue weighted by atomic mass is 9.93. The van der Waals surface area contributed by atoms with Gasteiger partial charge in [0.2, 0.25) is 5.88 Å². The maximum Gasteiger partial charge on any atom is 0.213 e. The third kappa shape index (κ3) is 4.34. The lowest BCUT2D eigenvalue weighted by molar-refractivity contribution is 0.370. The van der Waals surface area contributed by atoms with E-state index in [1.54, 1.807) is 7.11 Å². The van der Waals surface area contributed by atoms with Gasteiger partial charge in [-0.05, 0) is 24.8 Å². The predicted octanol–water partition coefficient (Wildman–Crippen LogP) is 2.29. The summed E-state index contributed by atoms with van der Waals surface area (Å²) in [5.74, 6) is 1.61. The molecular formula is C16H26N4O. The van der Waals surface area contributed by atoms with Gasteiger partial charge in [0, 0.05) is 25.7 Å². The van der Waals surface area contributed by atoms with E-state index in [1.165, 1.54) is 6.42 Å². The van der Waals surface area contributed by atoms with Gasteiger partial charge < -0.3 is 15.0 Å². The second-order valence-electron chi connectivity index (χ2n) is 6.18. The SMILES string of the molecule is CCNC(=NCc1cccc(OC)n1)N1CCC(C)(C)C1. The third-order valence-electron chi connectivity index (χ3n) is 3.69. The zero-order valence-corrected chi connectivity index (χ0v) is 13.5. The number of methoxy groups -OCH3 is 1. The molecule has 1 fully saturated rings. The molecule has 0 aliphatic carbocycles. The lowest BCUT2D eigenvalue weighted by Crippen LogP contribution is -2.40. The largest absolute Gasteiger partial charge is 0.481 e.